The topological polar surface area (TPSA) is 102 Å². The zero-order chi connectivity index (χ0) is 17.5. The van der Waals surface area contributed by atoms with Gasteiger partial charge in [-0.1, -0.05) is 26.0 Å². The molecule has 0 aliphatic heterocycles. The second-order valence-electron chi connectivity index (χ2n) is 6.61. The summed E-state index contributed by atoms with van der Waals surface area (Å²) in [5, 5.41) is 8.15. The van der Waals surface area contributed by atoms with Crippen LogP contribution in [0.5, 0.6) is 0 Å². The predicted molar refractivity (Wildman–Crippen MR) is 89.8 cm³/mol. The van der Waals surface area contributed by atoms with E-state index in [-0.39, 0.29) is 28.2 Å². The minimum Gasteiger partial charge on any atom is -0.348 e. The number of primary sulfonamides is 1. The average Bonchev–Trinajstić information content (AvgIpc) is 3.08. The van der Waals surface area contributed by atoms with Crippen molar-refractivity contribution in [3.63, 3.8) is 0 Å². The molecule has 0 bridgehead atoms. The van der Waals surface area contributed by atoms with Crippen LogP contribution in [0.4, 0.5) is 0 Å². The molecule has 0 spiro atoms. The quantitative estimate of drug-likeness (QED) is 0.879. The van der Waals surface area contributed by atoms with Crippen LogP contribution in [0, 0.1) is 5.41 Å². The van der Waals surface area contributed by atoms with Gasteiger partial charge in [-0.2, -0.15) is 0 Å². The molecule has 0 radical (unpaired) electrons. The van der Waals surface area contributed by atoms with Crippen LogP contribution < -0.4 is 10.5 Å². The summed E-state index contributed by atoms with van der Waals surface area (Å²) in [5.41, 5.74) is 1.38. The summed E-state index contributed by atoms with van der Waals surface area (Å²) in [5.74, 6) is -0.0440. The molecule has 1 aliphatic rings. The zero-order valence-corrected chi connectivity index (χ0v) is 14.2. The standard InChI is InChI=1S/C17H19N3O3S/c1-17(2)14(11-5-7-13(8-6-11)24(18,22)23)15(17)20-16(21)12-4-3-9-19-10-12/h3-10,14-15H,1-2H3,(H,20,21)(H2,18,22,23)/t14-,15-/m1/s1. The van der Waals surface area contributed by atoms with E-state index in [1.807, 2.05) is 0 Å². The fraction of sp³-hybridized carbons (Fsp3) is 0.294. The number of aromatic nitrogens is 1. The molecule has 126 valence electrons. The third-order valence-electron chi connectivity index (χ3n) is 4.61. The second-order valence-corrected chi connectivity index (χ2v) is 8.17. The maximum atomic E-state index is 12.3. The van der Waals surface area contributed by atoms with Gasteiger partial charge in [0.25, 0.3) is 5.91 Å². The maximum absolute atomic E-state index is 12.3. The van der Waals surface area contributed by atoms with Crippen molar-refractivity contribution in [3.8, 4) is 0 Å². The fourth-order valence-electron chi connectivity index (χ4n) is 3.12. The van der Waals surface area contributed by atoms with Crippen LogP contribution >= 0.6 is 0 Å². The molecule has 1 amide bonds. The lowest BCUT2D eigenvalue weighted by atomic mass is 10.0. The predicted octanol–water partition coefficient (Wildman–Crippen LogP) is 1.65. The molecule has 2 aromatic rings. The van der Waals surface area contributed by atoms with Crippen LogP contribution in [0.1, 0.15) is 35.7 Å². The summed E-state index contributed by atoms with van der Waals surface area (Å²) in [6.45, 7) is 4.14. The van der Waals surface area contributed by atoms with Crippen LogP contribution in [0.15, 0.2) is 53.7 Å². The average molecular weight is 345 g/mol. The van der Waals surface area contributed by atoms with Crippen molar-refractivity contribution in [2.45, 2.75) is 30.7 Å². The van der Waals surface area contributed by atoms with E-state index in [0.717, 1.165) is 5.56 Å². The first-order valence-corrected chi connectivity index (χ1v) is 9.09. The Kier molecular flexibility index (Phi) is 3.93. The number of nitrogens with two attached hydrogens (primary N) is 1. The monoisotopic (exact) mass is 345 g/mol. The van der Waals surface area contributed by atoms with Gasteiger partial charge >= 0.3 is 0 Å². The van der Waals surface area contributed by atoms with Crippen LogP contribution in [0.2, 0.25) is 0 Å². The van der Waals surface area contributed by atoms with E-state index >= 15 is 0 Å². The number of carbonyl (C=O) groups is 1. The van der Waals surface area contributed by atoms with Gasteiger partial charge in [0.1, 0.15) is 0 Å². The Balaban J connectivity index is 1.77. The van der Waals surface area contributed by atoms with E-state index in [9.17, 15) is 13.2 Å². The second kappa shape index (κ2) is 5.68. The molecule has 6 nitrogen and oxygen atoms in total. The lowest BCUT2D eigenvalue weighted by molar-refractivity contribution is 0.0945. The van der Waals surface area contributed by atoms with Gasteiger partial charge in [-0.05, 0) is 35.2 Å². The van der Waals surface area contributed by atoms with Crippen molar-refractivity contribution in [2.75, 3.05) is 0 Å². The van der Waals surface area contributed by atoms with Crippen molar-refractivity contribution in [2.24, 2.45) is 10.6 Å². The number of pyridine rings is 1. The summed E-state index contributed by atoms with van der Waals surface area (Å²) >= 11 is 0. The van der Waals surface area contributed by atoms with Crippen molar-refractivity contribution >= 4 is 15.9 Å². The van der Waals surface area contributed by atoms with E-state index in [2.05, 4.69) is 24.1 Å². The van der Waals surface area contributed by atoms with Gasteiger partial charge in [-0.25, -0.2) is 13.6 Å². The van der Waals surface area contributed by atoms with Gasteiger partial charge in [0.2, 0.25) is 10.0 Å². The maximum Gasteiger partial charge on any atom is 0.253 e. The highest BCUT2D eigenvalue weighted by Gasteiger charge is 2.59. The fourth-order valence-corrected chi connectivity index (χ4v) is 3.63. The summed E-state index contributed by atoms with van der Waals surface area (Å²) in [7, 11) is -3.70. The first-order chi connectivity index (χ1) is 11.2. The lowest BCUT2D eigenvalue weighted by Gasteiger charge is -2.05. The minimum absolute atomic E-state index is 0.0226. The number of nitrogens with one attached hydrogen (secondary N) is 1. The highest BCUT2D eigenvalue weighted by atomic mass is 32.2. The van der Waals surface area contributed by atoms with Crippen molar-refractivity contribution in [3.05, 3.63) is 59.9 Å². The van der Waals surface area contributed by atoms with E-state index in [1.165, 1.54) is 18.3 Å². The number of hydrogen-bond acceptors (Lipinski definition) is 4. The summed E-state index contributed by atoms with van der Waals surface area (Å²) < 4.78 is 22.7. The van der Waals surface area contributed by atoms with Crippen molar-refractivity contribution in [1.29, 1.82) is 0 Å². The van der Waals surface area contributed by atoms with Crippen LogP contribution in [0.3, 0.4) is 0 Å². The highest BCUT2D eigenvalue weighted by Crippen LogP contribution is 2.58. The molecule has 3 rings (SSSR count). The molecule has 1 saturated carbocycles. The van der Waals surface area contributed by atoms with Gasteiger partial charge in [0.15, 0.2) is 0 Å². The Morgan fingerprint density at radius 3 is 2.42 bits per heavy atom. The summed E-state index contributed by atoms with van der Waals surface area (Å²) in [4.78, 5) is 16.3. The normalized spacial score (nSPS) is 22.0. The number of rotatable bonds is 4. The molecule has 1 aliphatic carbocycles. The first kappa shape index (κ1) is 16.6. The van der Waals surface area contributed by atoms with E-state index in [0.29, 0.717) is 5.56 Å². The summed E-state index contributed by atoms with van der Waals surface area (Å²) in [6, 6.07) is 9.91. The van der Waals surface area contributed by atoms with Gasteiger partial charge in [-0.15, -0.1) is 0 Å². The molecule has 1 heterocycles. The Morgan fingerprint density at radius 1 is 1.21 bits per heavy atom. The van der Waals surface area contributed by atoms with Crippen LogP contribution in [0.25, 0.3) is 0 Å². The SMILES string of the molecule is CC1(C)[C@H](NC(=O)c2cccnc2)[C@H]1c1ccc(S(N)(=O)=O)cc1. The molecular formula is C17H19N3O3S. The van der Waals surface area contributed by atoms with Gasteiger partial charge < -0.3 is 5.32 Å². The number of amides is 1. The zero-order valence-electron chi connectivity index (χ0n) is 13.4. The van der Waals surface area contributed by atoms with Crippen LogP contribution in [-0.2, 0) is 10.0 Å². The highest BCUT2D eigenvalue weighted by molar-refractivity contribution is 7.89. The Morgan fingerprint density at radius 2 is 1.88 bits per heavy atom. The number of hydrogen-bond donors (Lipinski definition) is 2. The molecule has 1 aromatic carbocycles. The molecule has 24 heavy (non-hydrogen) atoms. The number of carbonyl (C=O) groups excluding carboxylic acids is 1. The van der Waals surface area contributed by atoms with Crippen molar-refractivity contribution in [1.82, 2.24) is 10.3 Å². The van der Waals surface area contributed by atoms with Gasteiger partial charge in [0, 0.05) is 24.4 Å². The molecular weight excluding hydrogens is 326 g/mol. The number of nitrogens with zero attached hydrogens (tertiary/aromatic N) is 1. The molecule has 7 heteroatoms. The smallest absolute Gasteiger partial charge is 0.253 e. The van der Waals surface area contributed by atoms with Gasteiger partial charge in [-0.3, -0.25) is 9.78 Å². The molecule has 0 saturated heterocycles. The molecule has 2 atom stereocenters. The van der Waals surface area contributed by atoms with Crippen LogP contribution in [-0.4, -0.2) is 25.4 Å². The van der Waals surface area contributed by atoms with E-state index in [1.54, 1.807) is 30.5 Å². The van der Waals surface area contributed by atoms with E-state index < -0.39 is 10.0 Å². The molecule has 0 unspecified atom stereocenters. The molecule has 1 aromatic heterocycles. The Bertz CT molecular complexity index is 862. The van der Waals surface area contributed by atoms with E-state index in [4.69, 9.17) is 5.14 Å². The van der Waals surface area contributed by atoms with Gasteiger partial charge in [0.05, 0.1) is 10.5 Å². The largest absolute Gasteiger partial charge is 0.348 e. The first-order valence-electron chi connectivity index (χ1n) is 7.55. The molecule has 3 N–H and O–H groups in total. The number of benzene rings is 1. The Hall–Kier alpha value is -2.25. The Labute approximate surface area is 141 Å². The minimum atomic E-state index is -3.70. The lowest BCUT2D eigenvalue weighted by Crippen LogP contribution is -2.28. The third-order valence-corrected chi connectivity index (χ3v) is 5.53. The molecule has 1 fully saturated rings. The third kappa shape index (κ3) is 3.05. The summed E-state index contributed by atoms with van der Waals surface area (Å²) in [6.07, 6.45) is 3.15. The van der Waals surface area contributed by atoms with Crippen molar-refractivity contribution < 1.29 is 13.2 Å². The number of sulfonamides is 1.